The van der Waals surface area contributed by atoms with Crippen LogP contribution in [-0.2, 0) is 22.7 Å². The van der Waals surface area contributed by atoms with Gasteiger partial charge in [0.2, 0.25) is 10.0 Å². The molecular weight excluding hydrogens is 347 g/mol. The van der Waals surface area contributed by atoms with Crippen LogP contribution in [-0.4, -0.2) is 31.3 Å². The highest BCUT2D eigenvalue weighted by Gasteiger charge is 2.33. The van der Waals surface area contributed by atoms with E-state index >= 15 is 0 Å². The third-order valence-corrected chi connectivity index (χ3v) is 4.49. The maximum atomic E-state index is 12.4. The number of alkyl halides is 3. The highest BCUT2D eigenvalue weighted by atomic mass is 32.2. The van der Waals surface area contributed by atoms with Crippen LogP contribution < -0.4 is 9.46 Å². The van der Waals surface area contributed by atoms with Crippen LogP contribution in [0.1, 0.15) is 12.6 Å². The second-order valence-corrected chi connectivity index (χ2v) is 6.53. The Labute approximate surface area is 137 Å². The van der Waals surface area contributed by atoms with Crippen molar-refractivity contribution in [1.82, 2.24) is 14.5 Å². The number of rotatable bonds is 7. The Morgan fingerprint density at radius 1 is 1.21 bits per heavy atom. The minimum Gasteiger partial charge on any atom is -0.494 e. The Kier molecular flexibility index (Phi) is 5.50. The minimum absolute atomic E-state index is 0.0215. The van der Waals surface area contributed by atoms with Crippen molar-refractivity contribution in [3.8, 4) is 5.75 Å². The van der Waals surface area contributed by atoms with Gasteiger partial charge in [0.05, 0.1) is 18.0 Å². The van der Waals surface area contributed by atoms with Crippen molar-refractivity contribution in [3.63, 3.8) is 0 Å². The normalized spacial score (nSPS) is 12.3. The summed E-state index contributed by atoms with van der Waals surface area (Å²) in [6.45, 7) is 2.17. The van der Waals surface area contributed by atoms with E-state index in [0.29, 0.717) is 12.4 Å². The predicted octanol–water partition coefficient (Wildman–Crippen LogP) is 2.28. The Bertz CT molecular complexity index is 771. The molecular formula is C14H16F3N3O3S. The third-order valence-electron chi connectivity index (χ3n) is 3.01. The van der Waals surface area contributed by atoms with Crippen LogP contribution in [0.5, 0.6) is 5.75 Å². The SMILES string of the molecule is CCOc1ccc(S(=O)(=O)NCCn2ccc(C(F)(F)F)n2)cc1. The molecule has 0 aliphatic heterocycles. The lowest BCUT2D eigenvalue weighted by molar-refractivity contribution is -0.141. The zero-order valence-corrected chi connectivity index (χ0v) is 13.6. The monoisotopic (exact) mass is 363 g/mol. The molecule has 1 N–H and O–H groups in total. The van der Waals surface area contributed by atoms with E-state index in [9.17, 15) is 21.6 Å². The number of benzene rings is 1. The molecule has 0 bridgehead atoms. The Hall–Kier alpha value is -2.07. The summed E-state index contributed by atoms with van der Waals surface area (Å²) >= 11 is 0. The molecule has 1 heterocycles. The van der Waals surface area contributed by atoms with Crippen LogP contribution in [0.15, 0.2) is 41.4 Å². The molecule has 0 saturated carbocycles. The number of hydrogen-bond donors (Lipinski definition) is 1. The lowest BCUT2D eigenvalue weighted by atomic mass is 10.3. The molecule has 0 unspecified atom stereocenters. The van der Waals surface area contributed by atoms with E-state index in [-0.39, 0.29) is 18.0 Å². The summed E-state index contributed by atoms with van der Waals surface area (Å²) in [5, 5.41) is 3.35. The van der Waals surface area contributed by atoms with E-state index < -0.39 is 21.9 Å². The molecule has 10 heteroatoms. The maximum Gasteiger partial charge on any atom is 0.435 e. The van der Waals surface area contributed by atoms with Crippen molar-refractivity contribution in [3.05, 3.63) is 42.2 Å². The van der Waals surface area contributed by atoms with E-state index in [1.807, 2.05) is 6.92 Å². The van der Waals surface area contributed by atoms with Crippen molar-refractivity contribution in [1.29, 1.82) is 0 Å². The highest BCUT2D eigenvalue weighted by Crippen LogP contribution is 2.27. The van der Waals surface area contributed by atoms with E-state index in [4.69, 9.17) is 4.74 Å². The molecule has 0 fully saturated rings. The number of hydrogen-bond acceptors (Lipinski definition) is 4. The van der Waals surface area contributed by atoms with Gasteiger partial charge in [-0.15, -0.1) is 0 Å². The molecule has 0 amide bonds. The average Bonchev–Trinajstić information content (AvgIpc) is 2.97. The van der Waals surface area contributed by atoms with Crippen LogP contribution in [0, 0.1) is 0 Å². The van der Waals surface area contributed by atoms with Gasteiger partial charge in [0.25, 0.3) is 0 Å². The minimum atomic E-state index is -4.52. The van der Waals surface area contributed by atoms with Gasteiger partial charge in [0, 0.05) is 12.7 Å². The quantitative estimate of drug-likeness (QED) is 0.819. The molecule has 1 aromatic heterocycles. The number of halogens is 3. The summed E-state index contributed by atoms with van der Waals surface area (Å²) in [4.78, 5) is 0.0439. The first-order valence-corrected chi connectivity index (χ1v) is 8.54. The first-order valence-electron chi connectivity index (χ1n) is 7.05. The second kappa shape index (κ2) is 7.22. The van der Waals surface area contributed by atoms with Gasteiger partial charge in [0.1, 0.15) is 5.75 Å². The summed E-state index contributed by atoms with van der Waals surface area (Å²) in [6, 6.07) is 6.68. The van der Waals surface area contributed by atoms with Crippen molar-refractivity contribution >= 4 is 10.0 Å². The molecule has 0 spiro atoms. The lowest BCUT2D eigenvalue weighted by Crippen LogP contribution is -2.27. The first-order chi connectivity index (χ1) is 11.2. The molecule has 132 valence electrons. The first kappa shape index (κ1) is 18.3. The van der Waals surface area contributed by atoms with E-state index in [1.165, 1.54) is 24.3 Å². The molecule has 0 aliphatic rings. The maximum absolute atomic E-state index is 12.4. The van der Waals surface area contributed by atoms with E-state index in [2.05, 4.69) is 9.82 Å². The number of nitrogens with zero attached hydrogens (tertiary/aromatic N) is 2. The zero-order chi connectivity index (χ0) is 17.8. The lowest BCUT2D eigenvalue weighted by Gasteiger charge is -2.08. The summed E-state index contributed by atoms with van der Waals surface area (Å²) in [6.07, 6.45) is -3.37. The fraction of sp³-hybridized carbons (Fsp3) is 0.357. The van der Waals surface area contributed by atoms with Crippen molar-refractivity contribution in [2.45, 2.75) is 24.5 Å². The van der Waals surface area contributed by atoms with Crippen LogP contribution in [0.3, 0.4) is 0 Å². The summed E-state index contributed by atoms with van der Waals surface area (Å²) in [5.41, 5.74) is -1.02. The van der Waals surface area contributed by atoms with Gasteiger partial charge in [-0.1, -0.05) is 0 Å². The number of sulfonamides is 1. The van der Waals surface area contributed by atoms with E-state index in [0.717, 1.165) is 16.9 Å². The molecule has 1 aromatic carbocycles. The summed E-state index contributed by atoms with van der Waals surface area (Å²) < 4.78 is 70.0. The third kappa shape index (κ3) is 4.71. The van der Waals surface area contributed by atoms with Gasteiger partial charge in [0.15, 0.2) is 5.69 Å². The van der Waals surface area contributed by atoms with Crippen LogP contribution >= 0.6 is 0 Å². The number of aromatic nitrogens is 2. The second-order valence-electron chi connectivity index (χ2n) is 4.76. The molecule has 0 aliphatic carbocycles. The Morgan fingerprint density at radius 2 is 1.88 bits per heavy atom. The van der Waals surface area contributed by atoms with Crippen LogP contribution in [0.4, 0.5) is 13.2 Å². The molecule has 2 aromatic rings. The molecule has 2 rings (SSSR count). The number of nitrogens with one attached hydrogen (secondary N) is 1. The van der Waals surface area contributed by atoms with Gasteiger partial charge >= 0.3 is 6.18 Å². The van der Waals surface area contributed by atoms with Gasteiger partial charge < -0.3 is 4.74 Å². The summed E-state index contributed by atoms with van der Waals surface area (Å²) in [5.74, 6) is 0.549. The predicted molar refractivity (Wildman–Crippen MR) is 80.0 cm³/mol. The topological polar surface area (TPSA) is 73.2 Å². The number of ether oxygens (including phenoxy) is 1. The summed E-state index contributed by atoms with van der Waals surface area (Å²) in [7, 11) is -3.75. The molecule has 24 heavy (non-hydrogen) atoms. The zero-order valence-electron chi connectivity index (χ0n) is 12.7. The highest BCUT2D eigenvalue weighted by molar-refractivity contribution is 7.89. The van der Waals surface area contributed by atoms with Gasteiger partial charge in [-0.3, -0.25) is 4.68 Å². The molecule has 0 radical (unpaired) electrons. The molecule has 6 nitrogen and oxygen atoms in total. The fourth-order valence-electron chi connectivity index (χ4n) is 1.90. The molecule has 0 saturated heterocycles. The van der Waals surface area contributed by atoms with Crippen molar-refractivity contribution in [2.75, 3.05) is 13.2 Å². The van der Waals surface area contributed by atoms with Crippen LogP contribution in [0.2, 0.25) is 0 Å². The van der Waals surface area contributed by atoms with E-state index in [1.54, 1.807) is 0 Å². The Balaban J connectivity index is 1.94. The van der Waals surface area contributed by atoms with Crippen molar-refractivity contribution in [2.24, 2.45) is 0 Å². The standard InChI is InChI=1S/C14H16F3N3O3S/c1-2-23-11-3-5-12(6-4-11)24(21,22)18-8-10-20-9-7-13(19-20)14(15,16)17/h3-7,9,18H,2,8,10H2,1H3. The fourth-order valence-corrected chi connectivity index (χ4v) is 2.92. The van der Waals surface area contributed by atoms with Gasteiger partial charge in [-0.25, -0.2) is 13.1 Å². The van der Waals surface area contributed by atoms with Gasteiger partial charge in [-0.2, -0.15) is 18.3 Å². The largest absolute Gasteiger partial charge is 0.494 e. The van der Waals surface area contributed by atoms with Crippen LogP contribution in [0.25, 0.3) is 0 Å². The average molecular weight is 363 g/mol. The molecule has 0 atom stereocenters. The van der Waals surface area contributed by atoms with Crippen molar-refractivity contribution < 1.29 is 26.3 Å². The van der Waals surface area contributed by atoms with Gasteiger partial charge in [-0.05, 0) is 37.3 Å². The smallest absolute Gasteiger partial charge is 0.435 e. The Morgan fingerprint density at radius 3 is 2.42 bits per heavy atom.